The number of nitrogens with one attached hydrogen (secondary N) is 1. The van der Waals surface area contributed by atoms with Gasteiger partial charge in [-0.3, -0.25) is 25.1 Å². The fraction of sp³-hybridized carbons (Fsp3) is 0. The molecule has 0 atom stereocenters. The minimum atomic E-state index is -0.742. The van der Waals surface area contributed by atoms with Crippen molar-refractivity contribution >= 4 is 46.8 Å². The lowest BCUT2D eigenvalue weighted by Gasteiger charge is -2.13. The maximum absolute atomic E-state index is 12.8. The molecule has 164 valence electrons. The second-order valence-corrected chi connectivity index (χ2v) is 7.29. The Morgan fingerprint density at radius 2 is 1.73 bits per heavy atom. The third-order valence-electron chi connectivity index (χ3n) is 4.69. The molecule has 33 heavy (non-hydrogen) atoms. The summed E-state index contributed by atoms with van der Waals surface area (Å²) < 4.78 is 5.39. The van der Waals surface area contributed by atoms with Gasteiger partial charge >= 0.3 is 5.97 Å². The van der Waals surface area contributed by atoms with Crippen LogP contribution >= 0.6 is 11.6 Å². The van der Waals surface area contributed by atoms with Crippen LogP contribution in [0.25, 0.3) is 6.08 Å². The number of carbonyl (C=O) groups is 3. The molecule has 1 N–H and O–H groups in total. The van der Waals surface area contributed by atoms with Gasteiger partial charge in [0.05, 0.1) is 16.2 Å². The molecule has 2 amide bonds. The van der Waals surface area contributed by atoms with Crippen molar-refractivity contribution < 1.29 is 24.0 Å². The fourth-order valence-corrected chi connectivity index (χ4v) is 3.20. The molecule has 3 aromatic carbocycles. The van der Waals surface area contributed by atoms with Crippen LogP contribution in [0.4, 0.5) is 11.4 Å². The highest BCUT2D eigenvalue weighted by Crippen LogP contribution is 2.29. The Kier molecular flexibility index (Phi) is 5.88. The molecule has 1 aliphatic rings. The molecule has 0 unspecified atom stereocenters. The minimum Gasteiger partial charge on any atom is -0.422 e. The topological polar surface area (TPSA) is 119 Å². The summed E-state index contributed by atoms with van der Waals surface area (Å²) >= 11 is 5.83. The van der Waals surface area contributed by atoms with E-state index in [0.29, 0.717) is 10.7 Å². The van der Waals surface area contributed by atoms with E-state index < -0.39 is 22.7 Å². The van der Waals surface area contributed by atoms with Crippen molar-refractivity contribution in [2.45, 2.75) is 0 Å². The van der Waals surface area contributed by atoms with Gasteiger partial charge in [0.2, 0.25) is 0 Å². The highest BCUT2D eigenvalue weighted by Gasteiger charge is 2.34. The molecule has 1 fully saturated rings. The third kappa shape index (κ3) is 4.58. The number of para-hydroxylation sites is 1. The van der Waals surface area contributed by atoms with E-state index in [9.17, 15) is 24.5 Å². The Morgan fingerprint density at radius 1 is 1.03 bits per heavy atom. The Hall–Kier alpha value is -4.50. The van der Waals surface area contributed by atoms with Crippen LogP contribution in [0.1, 0.15) is 15.9 Å². The molecule has 1 saturated heterocycles. The van der Waals surface area contributed by atoms with Gasteiger partial charge in [-0.15, -0.1) is 0 Å². The van der Waals surface area contributed by atoms with Crippen molar-refractivity contribution in [1.82, 2.24) is 5.43 Å². The second-order valence-electron chi connectivity index (χ2n) is 6.85. The Balaban J connectivity index is 1.70. The van der Waals surface area contributed by atoms with Gasteiger partial charge in [0, 0.05) is 22.7 Å². The number of amides is 2. The number of anilines is 1. The fourth-order valence-electron chi connectivity index (χ4n) is 3.07. The predicted molar refractivity (Wildman–Crippen MR) is 120 cm³/mol. The summed E-state index contributed by atoms with van der Waals surface area (Å²) in [6.45, 7) is 0. The zero-order valence-corrected chi connectivity index (χ0v) is 17.5. The van der Waals surface area contributed by atoms with Crippen LogP contribution in [0.5, 0.6) is 5.75 Å². The zero-order valence-electron chi connectivity index (χ0n) is 16.7. The van der Waals surface area contributed by atoms with Crippen molar-refractivity contribution in [3.8, 4) is 5.75 Å². The summed E-state index contributed by atoms with van der Waals surface area (Å²) in [7, 11) is 0. The monoisotopic (exact) mass is 463 g/mol. The van der Waals surface area contributed by atoms with E-state index in [0.717, 1.165) is 23.2 Å². The van der Waals surface area contributed by atoms with Crippen LogP contribution in [-0.4, -0.2) is 22.7 Å². The molecular formula is C23H14ClN3O6. The summed E-state index contributed by atoms with van der Waals surface area (Å²) in [4.78, 5) is 48.5. The SMILES string of the molecule is O=C1NN(c2ccccc2)C(=O)/C1=C\c1cc([N+](=O)[O-])ccc1OC(=O)c1ccc(Cl)cc1. The smallest absolute Gasteiger partial charge is 0.343 e. The molecule has 0 aromatic heterocycles. The first-order valence-electron chi connectivity index (χ1n) is 9.52. The van der Waals surface area contributed by atoms with Crippen LogP contribution in [0, 0.1) is 10.1 Å². The van der Waals surface area contributed by atoms with Crippen LogP contribution in [0.15, 0.2) is 78.4 Å². The van der Waals surface area contributed by atoms with Gasteiger partial charge in [-0.05, 0) is 48.5 Å². The van der Waals surface area contributed by atoms with Gasteiger partial charge in [0.1, 0.15) is 11.3 Å². The molecule has 4 rings (SSSR count). The molecule has 0 radical (unpaired) electrons. The molecule has 0 spiro atoms. The predicted octanol–water partition coefficient (Wildman–Crippen LogP) is 3.93. The normalized spacial score (nSPS) is 14.3. The molecule has 0 saturated carbocycles. The van der Waals surface area contributed by atoms with Crippen LogP contribution in [0.2, 0.25) is 5.02 Å². The summed E-state index contributed by atoms with van der Waals surface area (Å²) in [5, 5.41) is 12.7. The Labute approximate surface area is 192 Å². The van der Waals surface area contributed by atoms with Crippen LogP contribution in [0.3, 0.4) is 0 Å². The van der Waals surface area contributed by atoms with Gasteiger partial charge in [0.15, 0.2) is 0 Å². The van der Waals surface area contributed by atoms with Crippen molar-refractivity contribution in [1.29, 1.82) is 0 Å². The van der Waals surface area contributed by atoms with E-state index in [1.165, 1.54) is 30.3 Å². The van der Waals surface area contributed by atoms with E-state index in [1.54, 1.807) is 30.3 Å². The number of carbonyl (C=O) groups excluding carboxylic acids is 3. The molecule has 0 aliphatic carbocycles. The average Bonchev–Trinajstić information content (AvgIpc) is 3.09. The first-order chi connectivity index (χ1) is 15.8. The quantitative estimate of drug-likeness (QED) is 0.153. The number of hydrazine groups is 1. The highest BCUT2D eigenvalue weighted by atomic mass is 35.5. The number of esters is 1. The number of ether oxygens (including phenoxy) is 1. The summed E-state index contributed by atoms with van der Waals surface area (Å²) in [6.07, 6.45) is 1.15. The number of nitro benzene ring substituents is 1. The molecule has 0 bridgehead atoms. The number of rotatable bonds is 5. The maximum atomic E-state index is 12.8. The van der Waals surface area contributed by atoms with Crippen molar-refractivity contribution in [3.63, 3.8) is 0 Å². The lowest BCUT2D eigenvalue weighted by Crippen LogP contribution is -2.35. The molecule has 9 nitrogen and oxygen atoms in total. The molecular weight excluding hydrogens is 450 g/mol. The van der Waals surface area contributed by atoms with Crippen molar-refractivity contribution in [2.75, 3.05) is 5.01 Å². The van der Waals surface area contributed by atoms with Crippen LogP contribution < -0.4 is 15.2 Å². The van der Waals surface area contributed by atoms with E-state index in [-0.39, 0.29) is 28.1 Å². The number of hydrogen-bond acceptors (Lipinski definition) is 6. The van der Waals surface area contributed by atoms with E-state index in [2.05, 4.69) is 5.43 Å². The average molecular weight is 464 g/mol. The second kappa shape index (κ2) is 8.93. The van der Waals surface area contributed by atoms with Gasteiger partial charge in [-0.1, -0.05) is 29.8 Å². The minimum absolute atomic E-state index is 0.0138. The Morgan fingerprint density at radius 3 is 2.39 bits per heavy atom. The molecule has 10 heteroatoms. The number of non-ortho nitro benzene ring substituents is 1. The first kappa shape index (κ1) is 21.7. The number of hydrogen-bond donors (Lipinski definition) is 1. The van der Waals surface area contributed by atoms with E-state index in [4.69, 9.17) is 16.3 Å². The van der Waals surface area contributed by atoms with Crippen LogP contribution in [-0.2, 0) is 9.59 Å². The standard InChI is InChI=1S/C23H14ClN3O6/c24-16-8-6-14(7-9-16)23(30)33-20-11-10-18(27(31)32)12-15(20)13-19-21(28)25-26(22(19)29)17-4-2-1-3-5-17/h1-13H,(H,25,28)/b19-13-. The zero-order chi connectivity index (χ0) is 23.5. The summed E-state index contributed by atoms with van der Waals surface area (Å²) in [5.74, 6) is -2.17. The molecule has 3 aromatic rings. The number of benzene rings is 3. The number of halogens is 1. The van der Waals surface area contributed by atoms with Gasteiger partial charge < -0.3 is 4.74 Å². The maximum Gasteiger partial charge on any atom is 0.343 e. The summed E-state index contributed by atoms with van der Waals surface area (Å²) in [5.41, 5.74) is 2.51. The Bertz CT molecular complexity index is 1310. The third-order valence-corrected chi connectivity index (χ3v) is 4.94. The number of nitrogens with zero attached hydrogens (tertiary/aromatic N) is 2. The highest BCUT2D eigenvalue weighted by molar-refractivity contribution is 6.32. The van der Waals surface area contributed by atoms with Gasteiger partial charge in [-0.2, -0.15) is 0 Å². The molecule has 1 aliphatic heterocycles. The summed E-state index contributed by atoms with van der Waals surface area (Å²) in [6, 6.07) is 17.9. The largest absolute Gasteiger partial charge is 0.422 e. The van der Waals surface area contributed by atoms with Crippen molar-refractivity contribution in [2.24, 2.45) is 0 Å². The van der Waals surface area contributed by atoms with Gasteiger partial charge in [0.25, 0.3) is 17.5 Å². The lowest BCUT2D eigenvalue weighted by molar-refractivity contribution is -0.384. The van der Waals surface area contributed by atoms with E-state index in [1.807, 2.05) is 0 Å². The van der Waals surface area contributed by atoms with Crippen molar-refractivity contribution in [3.05, 3.63) is 105 Å². The lowest BCUT2D eigenvalue weighted by atomic mass is 10.1. The van der Waals surface area contributed by atoms with E-state index >= 15 is 0 Å². The first-order valence-corrected chi connectivity index (χ1v) is 9.89. The number of nitro groups is 1. The van der Waals surface area contributed by atoms with Gasteiger partial charge in [-0.25, -0.2) is 9.80 Å². The molecule has 1 heterocycles.